The Hall–Kier alpha value is -5.86. The summed E-state index contributed by atoms with van der Waals surface area (Å²) in [6, 6.07) is 16.9. The van der Waals surface area contributed by atoms with Gasteiger partial charge in [-0.2, -0.15) is 0 Å². The molecule has 6 rings (SSSR count). The van der Waals surface area contributed by atoms with Gasteiger partial charge in [-0.25, -0.2) is 0 Å². The van der Waals surface area contributed by atoms with Gasteiger partial charge < -0.3 is 57.6 Å². The predicted octanol–water partition coefficient (Wildman–Crippen LogP) is 3.00. The molecular formula is C58H83N9O9S. The van der Waals surface area contributed by atoms with E-state index in [1.54, 1.807) is 46.7 Å². The molecule has 420 valence electrons. The highest BCUT2D eigenvalue weighted by molar-refractivity contribution is 8.01. The normalized spacial score (nSPS) is 20.3. The molecule has 1 unspecified atom stereocenters. The molecule has 10 N–H and O–H groups in total. The summed E-state index contributed by atoms with van der Waals surface area (Å²) in [7, 11) is 3.29. The van der Waals surface area contributed by atoms with Crippen LogP contribution in [0.2, 0.25) is 0 Å². The van der Waals surface area contributed by atoms with Crippen LogP contribution in [-0.2, 0) is 52.8 Å². The van der Waals surface area contributed by atoms with Crippen molar-refractivity contribution < 1.29 is 43.8 Å². The van der Waals surface area contributed by atoms with Crippen LogP contribution in [0.3, 0.4) is 0 Å². The van der Waals surface area contributed by atoms with E-state index >= 15 is 0 Å². The van der Waals surface area contributed by atoms with Crippen molar-refractivity contribution in [3.8, 4) is 0 Å². The SMILES string of the molecule is CN[C@@H](C)C(=O)NC(C(=O)N[C@@H](Cc1ccc([C@H]2C[C@@H](C(=O)N[C@@H]3CCCc4ccccc43)N(C(=O)[C@@H](NC(=O)[C@H](C)NC)C(C)(C)C)C2)cc1)C(=O)N[C@@H]1CCCc2ccccc21)C(C)(C)SCC(=O)NC(CO)CO. The molecule has 3 aromatic carbocycles. The fraction of sp³-hybridized carbons (Fsp3) is 0.569. The number of hydrogen-bond donors (Lipinski definition) is 10. The Kier molecular flexibility index (Phi) is 21.3. The van der Waals surface area contributed by atoms with Crippen LogP contribution in [0.5, 0.6) is 0 Å². The Bertz CT molecular complexity index is 2550. The van der Waals surface area contributed by atoms with E-state index in [1.165, 1.54) is 5.56 Å². The largest absolute Gasteiger partial charge is 0.394 e. The molecule has 0 radical (unpaired) electrons. The molecule has 3 aliphatic rings. The zero-order chi connectivity index (χ0) is 56.2. The van der Waals surface area contributed by atoms with Crippen LogP contribution in [0.4, 0.5) is 0 Å². The Morgan fingerprint density at radius 1 is 0.662 bits per heavy atom. The van der Waals surface area contributed by atoms with E-state index in [2.05, 4.69) is 54.7 Å². The van der Waals surface area contributed by atoms with Crippen molar-refractivity contribution >= 4 is 53.1 Å². The fourth-order valence-corrected chi connectivity index (χ4v) is 11.4. The van der Waals surface area contributed by atoms with E-state index in [0.29, 0.717) is 18.4 Å². The first-order valence-corrected chi connectivity index (χ1v) is 28.1. The lowest BCUT2D eigenvalue weighted by molar-refractivity contribution is -0.144. The first-order chi connectivity index (χ1) is 36.6. The molecule has 18 nitrogen and oxygen atoms in total. The first-order valence-electron chi connectivity index (χ1n) is 27.1. The van der Waals surface area contributed by atoms with Gasteiger partial charge in [0.15, 0.2) is 0 Å². The first kappa shape index (κ1) is 60.4. The number of rotatable bonds is 23. The molecule has 9 atom stereocenters. The molecule has 0 aromatic heterocycles. The van der Waals surface area contributed by atoms with Crippen LogP contribution in [0.15, 0.2) is 72.8 Å². The summed E-state index contributed by atoms with van der Waals surface area (Å²) in [5.41, 5.74) is 5.29. The van der Waals surface area contributed by atoms with Crippen molar-refractivity contribution in [3.05, 3.63) is 106 Å². The molecule has 1 aliphatic heterocycles. The van der Waals surface area contributed by atoms with Crippen LogP contribution in [-0.4, -0.2) is 143 Å². The van der Waals surface area contributed by atoms with Gasteiger partial charge in [0.2, 0.25) is 41.4 Å². The van der Waals surface area contributed by atoms with E-state index in [0.717, 1.165) is 66.1 Å². The number of likely N-dealkylation sites (N-methyl/N-ethyl adjacent to an activating group) is 2. The van der Waals surface area contributed by atoms with Gasteiger partial charge in [0.05, 0.1) is 49.2 Å². The summed E-state index contributed by atoms with van der Waals surface area (Å²) < 4.78 is -1.13. The topological polar surface area (TPSA) is 259 Å². The number of benzene rings is 3. The summed E-state index contributed by atoms with van der Waals surface area (Å²) in [5.74, 6) is -3.42. The maximum atomic E-state index is 14.9. The number of amides is 7. The minimum atomic E-state index is -1.24. The third-order valence-corrected chi connectivity index (χ3v) is 16.8. The molecule has 2 aliphatic carbocycles. The van der Waals surface area contributed by atoms with E-state index in [1.807, 2.05) is 81.4 Å². The molecule has 1 heterocycles. The summed E-state index contributed by atoms with van der Waals surface area (Å²) in [5, 5.41) is 42.8. The monoisotopic (exact) mass is 1080 g/mol. The van der Waals surface area contributed by atoms with Crippen molar-refractivity contribution in [1.82, 2.24) is 47.4 Å². The quantitative estimate of drug-likeness (QED) is 0.0658. The number of hydrogen-bond acceptors (Lipinski definition) is 12. The van der Waals surface area contributed by atoms with Crippen molar-refractivity contribution in [3.63, 3.8) is 0 Å². The number of aliphatic hydroxyl groups excluding tert-OH is 2. The molecule has 0 spiro atoms. The molecule has 1 saturated heterocycles. The predicted molar refractivity (Wildman–Crippen MR) is 298 cm³/mol. The van der Waals surface area contributed by atoms with Crippen LogP contribution in [0.25, 0.3) is 0 Å². The zero-order valence-electron chi connectivity index (χ0n) is 46.3. The van der Waals surface area contributed by atoms with Gasteiger partial charge in [0.25, 0.3) is 0 Å². The number of aryl methyl sites for hydroxylation is 2. The van der Waals surface area contributed by atoms with Crippen molar-refractivity contribution in [2.24, 2.45) is 5.41 Å². The second-order valence-corrected chi connectivity index (χ2v) is 24.2. The summed E-state index contributed by atoms with van der Waals surface area (Å²) >= 11 is 1.10. The van der Waals surface area contributed by atoms with E-state index in [-0.39, 0.29) is 54.4 Å². The van der Waals surface area contributed by atoms with Gasteiger partial charge in [-0.05, 0) is 126 Å². The number of carbonyl (C=O) groups excluding carboxylic acids is 7. The van der Waals surface area contributed by atoms with Crippen LogP contribution >= 0.6 is 11.8 Å². The minimum absolute atomic E-state index is 0.0562. The number of nitrogens with zero attached hydrogens (tertiary/aromatic N) is 1. The Morgan fingerprint density at radius 2 is 1.19 bits per heavy atom. The highest BCUT2D eigenvalue weighted by atomic mass is 32.2. The lowest BCUT2D eigenvalue weighted by Gasteiger charge is -2.36. The fourth-order valence-electron chi connectivity index (χ4n) is 10.5. The number of fused-ring (bicyclic) bond motifs is 2. The number of thioether (sulfide) groups is 1. The minimum Gasteiger partial charge on any atom is -0.394 e. The maximum absolute atomic E-state index is 14.9. The van der Waals surface area contributed by atoms with Crippen molar-refractivity contribution in [2.45, 2.75) is 165 Å². The van der Waals surface area contributed by atoms with Crippen LogP contribution in [0.1, 0.15) is 132 Å². The van der Waals surface area contributed by atoms with E-state index < -0.39 is 89.3 Å². The maximum Gasteiger partial charge on any atom is 0.246 e. The van der Waals surface area contributed by atoms with Gasteiger partial charge in [-0.1, -0.05) is 93.6 Å². The molecule has 0 saturated carbocycles. The number of carbonyl (C=O) groups is 7. The van der Waals surface area contributed by atoms with Gasteiger partial charge in [-0.15, -0.1) is 11.8 Å². The number of likely N-dealkylation sites (tertiary alicyclic amines) is 1. The van der Waals surface area contributed by atoms with Crippen LogP contribution < -0.4 is 42.5 Å². The highest BCUT2D eigenvalue weighted by Crippen LogP contribution is 2.37. The smallest absolute Gasteiger partial charge is 0.246 e. The Labute approximate surface area is 458 Å². The second kappa shape index (κ2) is 27.1. The molecular weight excluding hydrogens is 999 g/mol. The summed E-state index contributed by atoms with van der Waals surface area (Å²) in [4.78, 5) is 100. The molecule has 7 amide bonds. The van der Waals surface area contributed by atoms with Crippen molar-refractivity contribution in [2.75, 3.05) is 39.6 Å². The average molecular weight is 1080 g/mol. The molecule has 77 heavy (non-hydrogen) atoms. The van der Waals surface area contributed by atoms with Gasteiger partial charge >= 0.3 is 0 Å². The van der Waals surface area contributed by atoms with Gasteiger partial charge in [-0.3, -0.25) is 33.6 Å². The zero-order valence-corrected chi connectivity index (χ0v) is 47.1. The highest BCUT2D eigenvalue weighted by Gasteiger charge is 2.46. The van der Waals surface area contributed by atoms with Gasteiger partial charge in [0, 0.05) is 23.6 Å². The lowest BCUT2D eigenvalue weighted by atomic mass is 9.85. The Morgan fingerprint density at radius 3 is 1.73 bits per heavy atom. The average Bonchev–Trinajstić information content (AvgIpc) is 3.88. The third-order valence-electron chi connectivity index (χ3n) is 15.5. The number of aliphatic hydroxyl groups is 2. The van der Waals surface area contributed by atoms with E-state index in [9.17, 15) is 43.8 Å². The van der Waals surface area contributed by atoms with Crippen LogP contribution in [0, 0.1) is 5.41 Å². The third kappa shape index (κ3) is 15.7. The lowest BCUT2D eigenvalue weighted by Crippen LogP contribution is -2.62. The number of nitrogens with one attached hydrogen (secondary N) is 8. The van der Waals surface area contributed by atoms with E-state index in [4.69, 9.17) is 0 Å². The standard InChI is InChI=1S/C58H83N9O9S/c1-34(59-8)51(71)65-49(58(6,7)77-33-48(70)61-41(31-68)32-69)55(75)64-46(53(73)62-44-22-14-18-38-16-10-12-20-42(38)44)28-36-24-26-37(27-25-36)40-29-47(54(74)63-45-23-15-19-39-17-11-13-21-43(39)45)67(30-40)56(76)50(57(3,4)5)66-52(72)35(2)60-9/h10-13,16-17,20-21,24-27,34-35,40-41,44-47,49-50,59-60,68-69H,14-15,18-19,22-23,28-33H2,1-9H3,(H,61,70)(H,62,73)(H,63,74)(H,64,75)(H,65,71)(H,66,72)/t34-,35-,40-,44+,45+,46-,47-,49?,50+/m0/s1. The second-order valence-electron chi connectivity index (χ2n) is 22.5. The molecule has 0 bridgehead atoms. The molecule has 3 aromatic rings. The molecule has 19 heteroatoms. The van der Waals surface area contributed by atoms with Crippen molar-refractivity contribution in [1.29, 1.82) is 0 Å². The Balaban J connectivity index is 1.29. The summed E-state index contributed by atoms with van der Waals surface area (Å²) in [6.07, 6.45) is 5.42. The van der Waals surface area contributed by atoms with Gasteiger partial charge in [0.1, 0.15) is 24.2 Å². The molecule has 1 fully saturated rings. The summed E-state index contributed by atoms with van der Waals surface area (Å²) in [6.45, 7) is 11.7.